The molecule has 0 aliphatic carbocycles. The molecule has 5 nitrogen and oxygen atoms in total. The first kappa shape index (κ1) is 13.4. The summed E-state index contributed by atoms with van der Waals surface area (Å²) in [5, 5.41) is 14.9. The smallest absolute Gasteiger partial charge is 0.188 e. The summed E-state index contributed by atoms with van der Waals surface area (Å²) in [6.07, 6.45) is 3.98. The summed E-state index contributed by atoms with van der Waals surface area (Å²) in [6, 6.07) is 4.22. The van der Waals surface area contributed by atoms with Crippen molar-refractivity contribution in [3.05, 3.63) is 29.6 Å². The van der Waals surface area contributed by atoms with Gasteiger partial charge in [-0.2, -0.15) is 0 Å². The average molecular weight is 236 g/mol. The molecule has 0 radical (unpaired) electrons. The summed E-state index contributed by atoms with van der Waals surface area (Å²) in [5.41, 5.74) is 7.05. The fraction of sp³-hybridized carbons (Fsp3) is 0.500. The first-order valence-electron chi connectivity index (χ1n) is 5.83. The summed E-state index contributed by atoms with van der Waals surface area (Å²) >= 11 is 0. The van der Waals surface area contributed by atoms with Crippen LogP contribution in [0.2, 0.25) is 0 Å². The minimum atomic E-state index is 0.0356. The lowest BCUT2D eigenvalue weighted by molar-refractivity contribution is 0.318. The molecule has 0 fully saturated rings. The van der Waals surface area contributed by atoms with E-state index in [-0.39, 0.29) is 5.84 Å². The van der Waals surface area contributed by atoms with Crippen molar-refractivity contribution in [2.24, 2.45) is 10.9 Å². The van der Waals surface area contributed by atoms with E-state index in [2.05, 4.69) is 29.3 Å². The number of nitrogens with two attached hydrogens (primary N) is 1. The third-order valence-electron chi connectivity index (χ3n) is 2.57. The molecule has 0 aliphatic heterocycles. The number of nitrogens with one attached hydrogen (secondary N) is 1. The van der Waals surface area contributed by atoms with Gasteiger partial charge in [0.1, 0.15) is 5.69 Å². The largest absolute Gasteiger partial charge is 0.409 e. The Morgan fingerprint density at radius 3 is 3.06 bits per heavy atom. The summed E-state index contributed by atoms with van der Waals surface area (Å²) in [4.78, 5) is 4.03. The molecule has 0 bridgehead atoms. The molecule has 94 valence electrons. The van der Waals surface area contributed by atoms with E-state index in [1.54, 1.807) is 6.20 Å². The monoisotopic (exact) mass is 236 g/mol. The summed E-state index contributed by atoms with van der Waals surface area (Å²) < 4.78 is 0. The van der Waals surface area contributed by atoms with Crippen LogP contribution in [0.4, 0.5) is 0 Å². The number of nitrogens with zero attached hydrogens (tertiary/aromatic N) is 2. The molecule has 0 aliphatic rings. The molecule has 0 saturated carbocycles. The Morgan fingerprint density at radius 1 is 1.65 bits per heavy atom. The Bertz CT molecular complexity index is 379. The third-order valence-corrected chi connectivity index (χ3v) is 2.57. The Hall–Kier alpha value is -1.62. The van der Waals surface area contributed by atoms with Crippen LogP contribution in [0.25, 0.3) is 0 Å². The van der Waals surface area contributed by atoms with Gasteiger partial charge in [0.2, 0.25) is 0 Å². The number of hydrogen-bond donors (Lipinski definition) is 3. The van der Waals surface area contributed by atoms with E-state index in [9.17, 15) is 0 Å². The second-order valence-electron chi connectivity index (χ2n) is 4.11. The van der Waals surface area contributed by atoms with Crippen molar-refractivity contribution in [1.29, 1.82) is 0 Å². The lowest BCUT2D eigenvalue weighted by Gasteiger charge is -2.12. The van der Waals surface area contributed by atoms with Crippen LogP contribution >= 0.6 is 0 Å². The molecule has 5 heteroatoms. The molecule has 17 heavy (non-hydrogen) atoms. The van der Waals surface area contributed by atoms with E-state index in [1.165, 1.54) is 6.42 Å². The molecule has 1 aromatic heterocycles. The normalized spacial score (nSPS) is 13.6. The van der Waals surface area contributed by atoms with Crippen molar-refractivity contribution in [2.75, 3.05) is 0 Å². The highest BCUT2D eigenvalue weighted by Crippen LogP contribution is 2.03. The highest BCUT2D eigenvalue weighted by molar-refractivity contribution is 5.95. The zero-order chi connectivity index (χ0) is 12.7. The van der Waals surface area contributed by atoms with Crippen LogP contribution in [0.5, 0.6) is 0 Å². The van der Waals surface area contributed by atoms with E-state index in [1.807, 2.05) is 12.1 Å². The van der Waals surface area contributed by atoms with E-state index in [4.69, 9.17) is 10.9 Å². The second kappa shape index (κ2) is 6.85. The van der Waals surface area contributed by atoms with E-state index in [0.717, 1.165) is 18.5 Å². The Labute approximate surface area is 102 Å². The van der Waals surface area contributed by atoms with Crippen molar-refractivity contribution in [2.45, 2.75) is 39.3 Å². The van der Waals surface area contributed by atoms with Gasteiger partial charge in [-0.05, 0) is 31.0 Å². The molecule has 0 saturated heterocycles. The van der Waals surface area contributed by atoms with Crippen molar-refractivity contribution in [1.82, 2.24) is 10.3 Å². The van der Waals surface area contributed by atoms with Gasteiger partial charge in [-0.25, -0.2) is 0 Å². The van der Waals surface area contributed by atoms with Crippen LogP contribution in [0.3, 0.4) is 0 Å². The molecule has 0 amide bonds. The van der Waals surface area contributed by atoms with Crippen molar-refractivity contribution in [3.8, 4) is 0 Å². The van der Waals surface area contributed by atoms with Gasteiger partial charge in [0.05, 0.1) is 0 Å². The van der Waals surface area contributed by atoms with Crippen molar-refractivity contribution < 1.29 is 5.21 Å². The fourth-order valence-corrected chi connectivity index (χ4v) is 1.60. The predicted molar refractivity (Wildman–Crippen MR) is 68.0 cm³/mol. The average Bonchev–Trinajstić information content (AvgIpc) is 2.36. The molecule has 0 spiro atoms. The SMILES string of the molecule is CCCC(C)NCc1ccnc(C(N)=NO)c1. The van der Waals surface area contributed by atoms with Gasteiger partial charge in [-0.1, -0.05) is 18.5 Å². The van der Waals surface area contributed by atoms with Crippen LogP contribution in [-0.2, 0) is 6.54 Å². The molecule has 4 N–H and O–H groups in total. The molecule has 0 aromatic carbocycles. The molecule has 1 rings (SSSR count). The van der Waals surface area contributed by atoms with Crippen molar-refractivity contribution >= 4 is 5.84 Å². The van der Waals surface area contributed by atoms with Gasteiger partial charge >= 0.3 is 0 Å². The van der Waals surface area contributed by atoms with E-state index >= 15 is 0 Å². The maximum atomic E-state index is 8.57. The van der Waals surface area contributed by atoms with Crippen LogP contribution in [0, 0.1) is 0 Å². The summed E-state index contributed by atoms with van der Waals surface area (Å²) in [6.45, 7) is 5.09. The summed E-state index contributed by atoms with van der Waals surface area (Å²) in [5.74, 6) is 0.0356. The van der Waals surface area contributed by atoms with Gasteiger partial charge in [0.25, 0.3) is 0 Å². The number of aromatic nitrogens is 1. The molecule has 1 atom stereocenters. The third kappa shape index (κ3) is 4.40. The number of rotatable bonds is 6. The first-order chi connectivity index (χ1) is 8.17. The Kier molecular flexibility index (Phi) is 5.42. The van der Waals surface area contributed by atoms with Crippen LogP contribution in [0.15, 0.2) is 23.5 Å². The van der Waals surface area contributed by atoms with Crippen LogP contribution < -0.4 is 11.1 Å². The fourth-order valence-electron chi connectivity index (χ4n) is 1.60. The molecular weight excluding hydrogens is 216 g/mol. The minimum absolute atomic E-state index is 0.0356. The lowest BCUT2D eigenvalue weighted by Crippen LogP contribution is -2.25. The highest BCUT2D eigenvalue weighted by atomic mass is 16.4. The minimum Gasteiger partial charge on any atom is -0.409 e. The standard InChI is InChI=1S/C12H20N4O/c1-3-4-9(2)15-8-10-5-6-14-11(7-10)12(13)16-17/h5-7,9,15,17H,3-4,8H2,1-2H3,(H2,13,16). The molecular formula is C12H20N4O. The number of pyridine rings is 1. The van der Waals surface area contributed by atoms with Gasteiger partial charge < -0.3 is 16.3 Å². The molecule has 1 heterocycles. The first-order valence-corrected chi connectivity index (χ1v) is 5.83. The van der Waals surface area contributed by atoms with Crippen LogP contribution in [0.1, 0.15) is 37.9 Å². The van der Waals surface area contributed by atoms with Crippen molar-refractivity contribution in [3.63, 3.8) is 0 Å². The quantitative estimate of drug-likeness (QED) is 0.302. The van der Waals surface area contributed by atoms with E-state index in [0.29, 0.717) is 11.7 Å². The van der Waals surface area contributed by atoms with Gasteiger partial charge in [-0.3, -0.25) is 4.98 Å². The lowest BCUT2D eigenvalue weighted by atomic mass is 10.1. The Balaban J connectivity index is 2.60. The predicted octanol–water partition coefficient (Wildman–Crippen LogP) is 1.45. The highest BCUT2D eigenvalue weighted by Gasteiger charge is 2.04. The van der Waals surface area contributed by atoms with E-state index < -0.39 is 0 Å². The Morgan fingerprint density at radius 2 is 2.41 bits per heavy atom. The zero-order valence-corrected chi connectivity index (χ0v) is 10.3. The topological polar surface area (TPSA) is 83.5 Å². The van der Waals surface area contributed by atoms with Gasteiger partial charge in [-0.15, -0.1) is 0 Å². The zero-order valence-electron chi connectivity index (χ0n) is 10.3. The number of amidine groups is 1. The van der Waals surface area contributed by atoms with Gasteiger partial charge in [0, 0.05) is 18.8 Å². The molecule has 1 aromatic rings. The maximum absolute atomic E-state index is 8.57. The number of hydrogen-bond acceptors (Lipinski definition) is 4. The molecule has 1 unspecified atom stereocenters. The van der Waals surface area contributed by atoms with Crippen LogP contribution in [-0.4, -0.2) is 22.1 Å². The van der Waals surface area contributed by atoms with Gasteiger partial charge in [0.15, 0.2) is 5.84 Å². The maximum Gasteiger partial charge on any atom is 0.188 e. The summed E-state index contributed by atoms with van der Waals surface area (Å²) in [7, 11) is 0. The second-order valence-corrected chi connectivity index (χ2v) is 4.11. The number of oxime groups is 1.